The van der Waals surface area contributed by atoms with Crippen LogP contribution in [0.2, 0.25) is 5.02 Å². The number of hydrogen-bond donors (Lipinski definition) is 0. The fourth-order valence-corrected chi connectivity index (χ4v) is 5.11. The second-order valence-electron chi connectivity index (χ2n) is 6.61. The Morgan fingerprint density at radius 3 is 2.29 bits per heavy atom. The highest BCUT2D eigenvalue weighted by atomic mass is 35.5. The van der Waals surface area contributed by atoms with Crippen LogP contribution >= 0.6 is 11.6 Å². The molecule has 0 saturated carbocycles. The Kier molecular flexibility index (Phi) is 4.63. The molecular weight excluding hydrogens is 410 g/mol. The predicted molar refractivity (Wildman–Crippen MR) is 101 cm³/mol. The first-order valence-electron chi connectivity index (χ1n) is 8.58. The molecule has 28 heavy (non-hydrogen) atoms. The zero-order valence-corrected chi connectivity index (χ0v) is 16.1. The van der Waals surface area contributed by atoms with Crippen LogP contribution in [0.1, 0.15) is 12.8 Å². The van der Waals surface area contributed by atoms with Crippen molar-refractivity contribution < 1.29 is 22.0 Å². The summed E-state index contributed by atoms with van der Waals surface area (Å²) in [5.74, 6) is -2.28. The minimum absolute atomic E-state index is 0.0441. The Balaban J connectivity index is 1.93. The van der Waals surface area contributed by atoms with Gasteiger partial charge in [0.25, 0.3) is 5.91 Å². The van der Waals surface area contributed by atoms with Crippen LogP contribution in [0.25, 0.3) is 0 Å². The van der Waals surface area contributed by atoms with Crippen LogP contribution in [-0.4, -0.2) is 32.3 Å². The average molecular weight is 425 g/mol. The minimum atomic E-state index is -4.12. The van der Waals surface area contributed by atoms with Gasteiger partial charge in [-0.1, -0.05) is 11.6 Å². The van der Waals surface area contributed by atoms with Crippen LogP contribution in [0, 0.1) is 11.6 Å². The Hall–Kier alpha value is -2.45. The molecule has 2 aliphatic rings. The lowest BCUT2D eigenvalue weighted by Crippen LogP contribution is -2.35. The molecule has 1 fully saturated rings. The van der Waals surface area contributed by atoms with Gasteiger partial charge in [0.2, 0.25) is 9.84 Å². The number of carbonyl (C=O) groups excluding carboxylic acids is 1. The minimum Gasteiger partial charge on any atom is -0.338 e. The molecule has 2 aromatic rings. The maximum absolute atomic E-state index is 13.8. The van der Waals surface area contributed by atoms with Gasteiger partial charge in [0, 0.05) is 30.4 Å². The molecule has 0 aliphatic carbocycles. The molecular formula is C19H15ClF2N2O3S. The normalized spacial score (nSPS) is 18.0. The van der Waals surface area contributed by atoms with E-state index in [1.165, 1.54) is 28.0 Å². The maximum atomic E-state index is 13.8. The van der Waals surface area contributed by atoms with Crippen LogP contribution in [0.4, 0.5) is 20.2 Å². The van der Waals surface area contributed by atoms with Crippen molar-refractivity contribution in [2.45, 2.75) is 17.7 Å². The highest BCUT2D eigenvalue weighted by Crippen LogP contribution is 2.41. The summed E-state index contributed by atoms with van der Waals surface area (Å²) in [5.41, 5.74) is 0.165. The Labute approximate surface area is 165 Å². The van der Waals surface area contributed by atoms with E-state index < -0.39 is 32.3 Å². The number of fused-ring (bicyclic) bond motifs is 1. The number of likely N-dealkylation sites (tertiary alicyclic amines) is 1. The number of rotatable bonds is 2. The summed E-state index contributed by atoms with van der Waals surface area (Å²) in [4.78, 5) is 15.0. The summed E-state index contributed by atoms with van der Waals surface area (Å²) < 4.78 is 53.8. The standard InChI is InChI=1S/C19H15ClF2N2O3S/c20-12-3-4-17-16(7-12)24(15-9-13(21)8-14(22)10-15)11-18(28(17,26)27)19(25)23-5-1-2-6-23/h3-4,7-11H,1-2,5-6H2. The first-order chi connectivity index (χ1) is 13.3. The predicted octanol–water partition coefficient (Wildman–Crippen LogP) is 4.01. The summed E-state index contributed by atoms with van der Waals surface area (Å²) in [7, 11) is -4.12. The third-order valence-corrected chi connectivity index (χ3v) is 6.75. The van der Waals surface area contributed by atoms with E-state index >= 15 is 0 Å². The van der Waals surface area contributed by atoms with Crippen molar-refractivity contribution in [3.8, 4) is 0 Å². The van der Waals surface area contributed by atoms with Gasteiger partial charge in [0.15, 0.2) is 4.91 Å². The van der Waals surface area contributed by atoms with E-state index in [-0.39, 0.29) is 21.3 Å². The maximum Gasteiger partial charge on any atom is 0.267 e. The first-order valence-corrected chi connectivity index (χ1v) is 10.4. The van der Waals surface area contributed by atoms with E-state index in [1.807, 2.05) is 0 Å². The molecule has 0 aromatic heterocycles. The Morgan fingerprint density at radius 2 is 1.64 bits per heavy atom. The van der Waals surface area contributed by atoms with Gasteiger partial charge in [-0.05, 0) is 43.2 Å². The monoisotopic (exact) mass is 424 g/mol. The van der Waals surface area contributed by atoms with E-state index in [0.29, 0.717) is 19.2 Å². The number of hydrogen-bond acceptors (Lipinski definition) is 4. The van der Waals surface area contributed by atoms with E-state index in [9.17, 15) is 22.0 Å². The lowest BCUT2D eigenvalue weighted by atomic mass is 10.2. The van der Waals surface area contributed by atoms with Crippen LogP contribution in [0.15, 0.2) is 52.4 Å². The second-order valence-corrected chi connectivity index (χ2v) is 8.93. The number of anilines is 2. The fourth-order valence-electron chi connectivity index (χ4n) is 3.42. The van der Waals surface area contributed by atoms with Gasteiger partial charge in [0.05, 0.1) is 16.3 Å². The zero-order valence-electron chi connectivity index (χ0n) is 14.5. The Morgan fingerprint density at radius 1 is 1.00 bits per heavy atom. The van der Waals surface area contributed by atoms with Crippen molar-refractivity contribution in [1.82, 2.24) is 4.90 Å². The number of nitrogens with zero attached hydrogens (tertiary/aromatic N) is 2. The molecule has 9 heteroatoms. The molecule has 0 bridgehead atoms. The summed E-state index contributed by atoms with van der Waals surface area (Å²) in [6.07, 6.45) is 2.71. The molecule has 0 N–H and O–H groups in total. The smallest absolute Gasteiger partial charge is 0.267 e. The molecule has 2 aromatic carbocycles. The van der Waals surface area contributed by atoms with Crippen LogP contribution in [-0.2, 0) is 14.6 Å². The number of carbonyl (C=O) groups is 1. The topological polar surface area (TPSA) is 57.7 Å². The third-order valence-electron chi connectivity index (χ3n) is 4.74. The van der Waals surface area contributed by atoms with E-state index in [0.717, 1.165) is 31.2 Å². The highest BCUT2D eigenvalue weighted by molar-refractivity contribution is 7.96. The van der Waals surface area contributed by atoms with Gasteiger partial charge in [-0.2, -0.15) is 0 Å². The number of benzene rings is 2. The molecule has 0 unspecified atom stereocenters. The van der Waals surface area contributed by atoms with Crippen molar-refractivity contribution in [3.63, 3.8) is 0 Å². The summed E-state index contributed by atoms with van der Waals surface area (Å²) in [5, 5.41) is 0.249. The molecule has 0 radical (unpaired) electrons. The van der Waals surface area contributed by atoms with Crippen molar-refractivity contribution in [2.24, 2.45) is 0 Å². The molecule has 4 rings (SSSR count). The van der Waals surface area contributed by atoms with Crippen molar-refractivity contribution in [3.05, 3.63) is 64.2 Å². The summed E-state index contributed by atoms with van der Waals surface area (Å²) >= 11 is 6.02. The lowest BCUT2D eigenvalue weighted by Gasteiger charge is -2.30. The quantitative estimate of drug-likeness (QED) is 0.731. The number of halogens is 3. The van der Waals surface area contributed by atoms with Gasteiger partial charge in [-0.25, -0.2) is 17.2 Å². The van der Waals surface area contributed by atoms with Gasteiger partial charge < -0.3 is 9.80 Å². The molecule has 5 nitrogen and oxygen atoms in total. The lowest BCUT2D eigenvalue weighted by molar-refractivity contribution is -0.125. The van der Waals surface area contributed by atoms with Gasteiger partial charge in [0.1, 0.15) is 11.6 Å². The molecule has 2 aliphatic heterocycles. The third kappa shape index (κ3) is 3.16. The molecule has 146 valence electrons. The Bertz CT molecular complexity index is 1090. The number of sulfone groups is 1. The van der Waals surface area contributed by atoms with Gasteiger partial charge in [-0.15, -0.1) is 0 Å². The summed E-state index contributed by atoms with van der Waals surface area (Å²) in [6.45, 7) is 0.932. The molecule has 0 atom stereocenters. The van der Waals surface area contributed by atoms with Crippen molar-refractivity contribution >= 4 is 38.7 Å². The van der Waals surface area contributed by atoms with E-state index in [1.54, 1.807) is 0 Å². The highest BCUT2D eigenvalue weighted by Gasteiger charge is 2.38. The second kappa shape index (κ2) is 6.86. The van der Waals surface area contributed by atoms with Gasteiger partial charge >= 0.3 is 0 Å². The largest absolute Gasteiger partial charge is 0.338 e. The van der Waals surface area contributed by atoms with Crippen LogP contribution in [0.3, 0.4) is 0 Å². The SMILES string of the molecule is O=C(C1=CN(c2cc(F)cc(F)c2)c2cc(Cl)ccc2S1(=O)=O)N1CCCC1. The van der Waals surface area contributed by atoms with Crippen molar-refractivity contribution in [2.75, 3.05) is 18.0 Å². The average Bonchev–Trinajstić information content (AvgIpc) is 3.14. The molecule has 2 heterocycles. The first kappa shape index (κ1) is 18.9. The number of amides is 1. The summed E-state index contributed by atoms with van der Waals surface area (Å²) in [6, 6.07) is 6.89. The fraction of sp³-hybridized carbons (Fsp3) is 0.211. The van der Waals surface area contributed by atoms with Crippen molar-refractivity contribution in [1.29, 1.82) is 0 Å². The van der Waals surface area contributed by atoms with Crippen LogP contribution < -0.4 is 4.90 Å². The van der Waals surface area contributed by atoms with Gasteiger partial charge in [-0.3, -0.25) is 4.79 Å². The molecule has 1 saturated heterocycles. The van der Waals surface area contributed by atoms with E-state index in [4.69, 9.17) is 11.6 Å². The van der Waals surface area contributed by atoms with E-state index in [2.05, 4.69) is 0 Å². The van der Waals surface area contributed by atoms with Crippen LogP contribution in [0.5, 0.6) is 0 Å². The molecule has 1 amide bonds. The zero-order chi connectivity index (χ0) is 20.1. The molecule has 0 spiro atoms.